The zero-order chi connectivity index (χ0) is 22.2. The molecule has 2 aromatic heterocycles. The molecule has 1 aromatic carbocycles. The molecule has 0 saturated carbocycles. The fraction of sp³-hybridized carbons (Fsp3) is 0.400. The Morgan fingerprint density at radius 2 is 2.16 bits per heavy atom. The Hall–Kier alpha value is -2.43. The first-order chi connectivity index (χ1) is 15.0. The van der Waals surface area contributed by atoms with Crippen LogP contribution in [-0.4, -0.2) is 58.2 Å². The van der Waals surface area contributed by atoms with E-state index >= 15 is 0 Å². The number of nitrogens with zero attached hydrogens (tertiary/aromatic N) is 4. The van der Waals surface area contributed by atoms with Gasteiger partial charge in [-0.25, -0.2) is 19.0 Å². The van der Waals surface area contributed by atoms with Crippen LogP contribution in [0.2, 0.25) is 5.02 Å². The minimum Gasteiger partial charge on any atom is -0.383 e. The first kappa shape index (κ1) is 23.2. The highest BCUT2D eigenvalue weighted by Crippen LogP contribution is 2.25. The number of anilines is 1. The molecule has 2 N–H and O–H groups in total. The molecular formula is C20H24ClFN6O2S. The number of amides is 1. The molecule has 0 bridgehead atoms. The lowest BCUT2D eigenvalue weighted by atomic mass is 10.2. The Labute approximate surface area is 188 Å². The van der Waals surface area contributed by atoms with Crippen molar-refractivity contribution in [1.82, 2.24) is 25.1 Å². The quantitative estimate of drug-likeness (QED) is 0.253. The number of rotatable bonds is 11. The van der Waals surface area contributed by atoms with Gasteiger partial charge in [-0.1, -0.05) is 36.4 Å². The molecule has 8 nitrogen and oxygen atoms in total. The highest BCUT2D eigenvalue weighted by atomic mass is 35.5. The van der Waals surface area contributed by atoms with Crippen LogP contribution in [0.15, 0.2) is 29.6 Å². The van der Waals surface area contributed by atoms with Crippen LogP contribution in [0.25, 0.3) is 11.0 Å². The van der Waals surface area contributed by atoms with Gasteiger partial charge < -0.3 is 15.4 Å². The second-order valence-corrected chi connectivity index (χ2v) is 8.05. The molecule has 31 heavy (non-hydrogen) atoms. The zero-order valence-electron chi connectivity index (χ0n) is 17.3. The van der Waals surface area contributed by atoms with Gasteiger partial charge in [0.1, 0.15) is 11.6 Å². The van der Waals surface area contributed by atoms with Crippen LogP contribution in [0.1, 0.15) is 23.7 Å². The van der Waals surface area contributed by atoms with Crippen molar-refractivity contribution in [2.24, 2.45) is 0 Å². The van der Waals surface area contributed by atoms with Crippen LogP contribution >= 0.6 is 23.4 Å². The molecule has 0 atom stereocenters. The van der Waals surface area contributed by atoms with Gasteiger partial charge in [0.2, 0.25) is 0 Å². The number of ether oxygens (including phenoxy) is 1. The number of hydrogen-bond acceptors (Lipinski definition) is 7. The highest BCUT2D eigenvalue weighted by Gasteiger charge is 2.16. The maximum atomic E-state index is 13.9. The molecule has 166 valence electrons. The standard InChI is InChI=1S/C20H24ClFN6O2S/c1-3-11-31-20-26-17(23-8-10-30-2)13-12-25-28(18(13)27-20)9-7-24-19(29)16-14(21)5-4-6-15(16)22/h4-6,12H,3,7-11H2,1-2H3,(H,24,29)(H,23,26,27). The van der Waals surface area contributed by atoms with E-state index in [0.29, 0.717) is 36.3 Å². The SMILES string of the molecule is CCCSc1nc(NCCOC)c2cnn(CCNC(=O)c3c(F)cccc3Cl)c2n1. The van der Waals surface area contributed by atoms with Gasteiger partial charge >= 0.3 is 0 Å². The van der Waals surface area contributed by atoms with E-state index in [1.54, 1.807) is 29.8 Å². The van der Waals surface area contributed by atoms with Gasteiger partial charge in [-0.2, -0.15) is 5.10 Å². The number of carbonyl (C=O) groups is 1. The van der Waals surface area contributed by atoms with Crippen molar-refractivity contribution in [2.75, 3.05) is 37.9 Å². The van der Waals surface area contributed by atoms with Crippen molar-refractivity contribution in [3.8, 4) is 0 Å². The van der Waals surface area contributed by atoms with Gasteiger partial charge in [-0.15, -0.1) is 0 Å². The van der Waals surface area contributed by atoms with Crippen LogP contribution in [-0.2, 0) is 11.3 Å². The number of nitrogens with one attached hydrogen (secondary N) is 2. The van der Waals surface area contributed by atoms with E-state index in [9.17, 15) is 9.18 Å². The molecule has 0 saturated heterocycles. The van der Waals surface area contributed by atoms with Gasteiger partial charge in [0.25, 0.3) is 5.91 Å². The molecule has 0 aliphatic carbocycles. The summed E-state index contributed by atoms with van der Waals surface area (Å²) >= 11 is 7.53. The number of benzene rings is 1. The number of halogens is 2. The molecule has 1 amide bonds. The summed E-state index contributed by atoms with van der Waals surface area (Å²) < 4.78 is 20.7. The molecule has 0 spiro atoms. The van der Waals surface area contributed by atoms with E-state index in [1.165, 1.54) is 18.2 Å². The molecule has 2 heterocycles. The zero-order valence-corrected chi connectivity index (χ0v) is 18.9. The van der Waals surface area contributed by atoms with E-state index in [2.05, 4.69) is 32.6 Å². The van der Waals surface area contributed by atoms with Crippen LogP contribution in [0.3, 0.4) is 0 Å². The molecular weight excluding hydrogens is 443 g/mol. The summed E-state index contributed by atoms with van der Waals surface area (Å²) in [4.78, 5) is 21.6. The van der Waals surface area contributed by atoms with Crippen molar-refractivity contribution in [2.45, 2.75) is 25.0 Å². The lowest BCUT2D eigenvalue weighted by molar-refractivity contribution is 0.0948. The molecule has 0 aliphatic heterocycles. The number of methoxy groups -OCH3 is 1. The minimum absolute atomic E-state index is 0.0687. The van der Waals surface area contributed by atoms with Gasteiger partial charge in [0.15, 0.2) is 10.8 Å². The van der Waals surface area contributed by atoms with Gasteiger partial charge in [0, 0.05) is 26.0 Å². The summed E-state index contributed by atoms with van der Waals surface area (Å²) in [5, 5.41) is 11.8. The molecule has 0 fully saturated rings. The predicted octanol–water partition coefficient (Wildman–Crippen LogP) is 3.61. The van der Waals surface area contributed by atoms with E-state index < -0.39 is 11.7 Å². The molecule has 3 rings (SSSR count). The van der Waals surface area contributed by atoms with Crippen molar-refractivity contribution >= 4 is 46.1 Å². The predicted molar refractivity (Wildman–Crippen MR) is 120 cm³/mol. The second kappa shape index (κ2) is 11.3. The summed E-state index contributed by atoms with van der Waals surface area (Å²) in [5.41, 5.74) is 0.492. The van der Waals surface area contributed by atoms with Crippen molar-refractivity contribution in [3.05, 3.63) is 40.8 Å². The van der Waals surface area contributed by atoms with Crippen molar-refractivity contribution in [3.63, 3.8) is 0 Å². The smallest absolute Gasteiger partial charge is 0.255 e. The van der Waals surface area contributed by atoms with Crippen molar-refractivity contribution in [1.29, 1.82) is 0 Å². The lowest BCUT2D eigenvalue weighted by Gasteiger charge is -2.10. The maximum absolute atomic E-state index is 13.9. The van der Waals surface area contributed by atoms with Gasteiger partial charge in [-0.05, 0) is 18.6 Å². The molecule has 11 heteroatoms. The second-order valence-electron chi connectivity index (χ2n) is 6.58. The molecule has 0 unspecified atom stereocenters. The summed E-state index contributed by atoms with van der Waals surface area (Å²) in [7, 11) is 1.64. The summed E-state index contributed by atoms with van der Waals surface area (Å²) in [6.45, 7) is 3.83. The number of thioether (sulfide) groups is 1. The van der Waals surface area contributed by atoms with E-state index in [-0.39, 0.29) is 17.1 Å². The highest BCUT2D eigenvalue weighted by molar-refractivity contribution is 7.99. The Bertz CT molecular complexity index is 1030. The van der Waals surface area contributed by atoms with E-state index in [1.807, 2.05) is 0 Å². The topological polar surface area (TPSA) is 94.0 Å². The summed E-state index contributed by atoms with van der Waals surface area (Å²) in [6.07, 6.45) is 2.69. The molecule has 3 aromatic rings. The third-order valence-electron chi connectivity index (χ3n) is 4.31. The first-order valence-electron chi connectivity index (χ1n) is 9.86. The number of aromatic nitrogens is 4. The average molecular weight is 467 g/mol. The Morgan fingerprint density at radius 3 is 2.90 bits per heavy atom. The Morgan fingerprint density at radius 1 is 1.32 bits per heavy atom. The average Bonchev–Trinajstić information content (AvgIpc) is 3.15. The van der Waals surface area contributed by atoms with Crippen LogP contribution in [0.5, 0.6) is 0 Å². The van der Waals surface area contributed by atoms with Crippen LogP contribution in [0.4, 0.5) is 10.2 Å². The number of carbonyl (C=O) groups excluding carboxylic acids is 1. The number of hydrogen-bond donors (Lipinski definition) is 2. The summed E-state index contributed by atoms with van der Waals surface area (Å²) in [5.74, 6) is 0.354. The molecule has 0 aliphatic rings. The Balaban J connectivity index is 1.75. The van der Waals surface area contributed by atoms with Gasteiger partial charge in [-0.3, -0.25) is 4.79 Å². The number of fused-ring (bicyclic) bond motifs is 1. The third kappa shape index (κ3) is 5.84. The minimum atomic E-state index is -0.661. The maximum Gasteiger partial charge on any atom is 0.255 e. The van der Waals surface area contributed by atoms with E-state index in [4.69, 9.17) is 16.3 Å². The fourth-order valence-corrected chi connectivity index (χ4v) is 3.78. The van der Waals surface area contributed by atoms with E-state index in [0.717, 1.165) is 17.6 Å². The fourth-order valence-electron chi connectivity index (χ4n) is 2.84. The molecule has 0 radical (unpaired) electrons. The van der Waals surface area contributed by atoms with Crippen LogP contribution < -0.4 is 10.6 Å². The van der Waals surface area contributed by atoms with Crippen molar-refractivity contribution < 1.29 is 13.9 Å². The Kier molecular flexibility index (Phi) is 8.44. The lowest BCUT2D eigenvalue weighted by Crippen LogP contribution is -2.28. The third-order valence-corrected chi connectivity index (χ3v) is 5.68. The van der Waals surface area contributed by atoms with Crippen LogP contribution in [0, 0.1) is 5.82 Å². The largest absolute Gasteiger partial charge is 0.383 e. The normalized spacial score (nSPS) is 11.1. The van der Waals surface area contributed by atoms with Gasteiger partial charge in [0.05, 0.1) is 35.3 Å². The first-order valence-corrected chi connectivity index (χ1v) is 11.2. The summed E-state index contributed by atoms with van der Waals surface area (Å²) in [6, 6.07) is 4.13. The monoisotopic (exact) mass is 466 g/mol.